The quantitative estimate of drug-likeness (QED) is 0.600. The fourth-order valence-corrected chi connectivity index (χ4v) is 1.03. The first kappa shape index (κ1) is 11.9. The van der Waals surface area contributed by atoms with E-state index in [1.54, 1.807) is 25.1 Å². The van der Waals surface area contributed by atoms with E-state index in [4.69, 9.17) is 5.11 Å². The smallest absolute Gasteiger partial charge is 0.351 e. The summed E-state index contributed by atoms with van der Waals surface area (Å²) < 4.78 is 0. The van der Waals surface area contributed by atoms with Gasteiger partial charge in [-0.05, 0) is 26.0 Å². The van der Waals surface area contributed by atoms with Gasteiger partial charge < -0.3 is 10.2 Å². The van der Waals surface area contributed by atoms with Crippen molar-refractivity contribution < 1.29 is 15.0 Å². The molecule has 0 spiro atoms. The summed E-state index contributed by atoms with van der Waals surface area (Å²) in [5, 5.41) is 25.4. The molecule has 1 aromatic carbocycles. The average Bonchev–Trinajstić information content (AvgIpc) is 2.25. The van der Waals surface area contributed by atoms with Gasteiger partial charge in [0.15, 0.2) is 0 Å². The van der Waals surface area contributed by atoms with Gasteiger partial charge in [-0.1, -0.05) is 12.1 Å². The molecule has 0 amide bonds. The number of hydrogen-bond acceptors (Lipinski definition) is 4. The van der Waals surface area contributed by atoms with Gasteiger partial charge in [-0.3, -0.25) is 0 Å². The molecular weight excluding hydrogens is 208 g/mol. The van der Waals surface area contributed by atoms with Crippen molar-refractivity contribution in [3.05, 3.63) is 29.8 Å². The lowest BCUT2D eigenvalue weighted by atomic mass is 10.1. The highest BCUT2D eigenvalue weighted by Crippen LogP contribution is 2.16. The van der Waals surface area contributed by atoms with Crippen LogP contribution in [-0.4, -0.2) is 27.6 Å². The first-order chi connectivity index (χ1) is 7.52. The van der Waals surface area contributed by atoms with E-state index in [9.17, 15) is 9.90 Å². The number of benzene rings is 1. The van der Waals surface area contributed by atoms with E-state index in [0.29, 0.717) is 11.3 Å². The van der Waals surface area contributed by atoms with Crippen LogP contribution in [0, 0.1) is 0 Å². The highest BCUT2D eigenvalue weighted by molar-refractivity contribution is 6.34. The molecule has 1 aromatic rings. The monoisotopic (exact) mass is 220 g/mol. The number of carboxylic acids is 1. The van der Waals surface area contributed by atoms with Gasteiger partial charge in [-0.25, -0.2) is 4.79 Å². The van der Waals surface area contributed by atoms with Gasteiger partial charge in [0.2, 0.25) is 0 Å². The molecule has 0 heterocycles. The fourth-order valence-electron chi connectivity index (χ4n) is 1.03. The summed E-state index contributed by atoms with van der Waals surface area (Å²) in [6.07, 6.45) is 0. The van der Waals surface area contributed by atoms with Crippen LogP contribution in [0.5, 0.6) is 5.75 Å². The lowest BCUT2D eigenvalue weighted by molar-refractivity contribution is -0.129. The van der Waals surface area contributed by atoms with Crippen LogP contribution in [0.3, 0.4) is 0 Å². The summed E-state index contributed by atoms with van der Waals surface area (Å²) in [5.41, 5.74) is 0.887. The number of nitrogens with zero attached hydrogens (tertiary/aromatic N) is 2. The molecule has 0 aliphatic heterocycles. The number of phenols is 1. The number of hydrogen-bond donors (Lipinski definition) is 2. The molecule has 0 aromatic heterocycles. The van der Waals surface area contributed by atoms with Crippen LogP contribution in [-0.2, 0) is 4.79 Å². The summed E-state index contributed by atoms with van der Waals surface area (Å²) in [5.74, 6) is -1.03. The molecule has 0 unspecified atom stereocenters. The standard InChI is InChI=1S/C11H12N2O3/c1-7(12-13-8(2)11(15)16)9-5-3-4-6-10(9)14/h3-6,14H,1-2H3,(H,15,16)/b12-7+,13-8+. The Kier molecular flexibility index (Phi) is 3.77. The summed E-state index contributed by atoms with van der Waals surface area (Å²) in [6, 6.07) is 6.65. The van der Waals surface area contributed by atoms with Gasteiger partial charge in [-0.15, -0.1) is 5.10 Å². The third kappa shape index (κ3) is 2.91. The van der Waals surface area contributed by atoms with Crippen LogP contribution in [0.4, 0.5) is 0 Å². The predicted molar refractivity (Wildman–Crippen MR) is 61.1 cm³/mol. The molecule has 1 rings (SSSR count). The lowest BCUT2D eigenvalue weighted by Crippen LogP contribution is -2.07. The molecule has 0 aliphatic carbocycles. The number of rotatable bonds is 3. The first-order valence-corrected chi connectivity index (χ1v) is 4.63. The number of aliphatic carboxylic acids is 1. The summed E-state index contributed by atoms with van der Waals surface area (Å²) in [4.78, 5) is 10.5. The summed E-state index contributed by atoms with van der Waals surface area (Å²) in [6.45, 7) is 3.00. The van der Waals surface area contributed by atoms with Crippen LogP contribution < -0.4 is 0 Å². The zero-order chi connectivity index (χ0) is 12.1. The summed E-state index contributed by atoms with van der Waals surface area (Å²) >= 11 is 0. The Bertz CT molecular complexity index is 464. The predicted octanol–water partition coefficient (Wildman–Crippen LogP) is 1.66. The lowest BCUT2D eigenvalue weighted by Gasteiger charge is -2.01. The molecule has 0 aliphatic rings. The Labute approximate surface area is 92.8 Å². The molecule has 16 heavy (non-hydrogen) atoms. The molecule has 2 N–H and O–H groups in total. The van der Waals surface area contributed by atoms with Crippen LogP contribution in [0.25, 0.3) is 0 Å². The molecule has 0 saturated carbocycles. The van der Waals surface area contributed by atoms with Crippen LogP contribution >= 0.6 is 0 Å². The van der Waals surface area contributed by atoms with Gasteiger partial charge in [0.1, 0.15) is 11.5 Å². The number of para-hydroxylation sites is 1. The molecular formula is C11H12N2O3. The molecule has 0 fully saturated rings. The van der Waals surface area contributed by atoms with E-state index >= 15 is 0 Å². The molecule has 5 nitrogen and oxygen atoms in total. The van der Waals surface area contributed by atoms with Gasteiger partial charge in [0.05, 0.1) is 5.71 Å². The van der Waals surface area contributed by atoms with Crippen molar-refractivity contribution in [1.82, 2.24) is 0 Å². The van der Waals surface area contributed by atoms with E-state index in [1.807, 2.05) is 0 Å². The number of carboxylic acid groups (broad SMARTS) is 1. The normalized spacial score (nSPS) is 12.6. The number of carbonyl (C=O) groups is 1. The van der Waals surface area contributed by atoms with Crippen molar-refractivity contribution in [1.29, 1.82) is 0 Å². The highest BCUT2D eigenvalue weighted by atomic mass is 16.4. The average molecular weight is 220 g/mol. The largest absolute Gasteiger partial charge is 0.507 e. The third-order valence-corrected chi connectivity index (χ3v) is 1.95. The van der Waals surface area contributed by atoms with Crippen LogP contribution in [0.15, 0.2) is 34.5 Å². The second-order valence-corrected chi connectivity index (χ2v) is 3.19. The number of aromatic hydroxyl groups is 1. The molecule has 0 saturated heterocycles. The molecule has 5 heteroatoms. The van der Waals surface area contributed by atoms with Crippen molar-refractivity contribution in [2.24, 2.45) is 10.2 Å². The Morgan fingerprint density at radius 2 is 1.81 bits per heavy atom. The van der Waals surface area contributed by atoms with Crippen molar-refractivity contribution in [3.8, 4) is 5.75 Å². The minimum atomic E-state index is -1.12. The molecule has 0 bridgehead atoms. The van der Waals surface area contributed by atoms with E-state index in [1.165, 1.54) is 13.0 Å². The van der Waals surface area contributed by atoms with Gasteiger partial charge in [0.25, 0.3) is 0 Å². The minimum Gasteiger partial charge on any atom is -0.507 e. The Hall–Kier alpha value is -2.17. The highest BCUT2D eigenvalue weighted by Gasteiger charge is 2.04. The zero-order valence-corrected chi connectivity index (χ0v) is 9.01. The van der Waals surface area contributed by atoms with Gasteiger partial charge >= 0.3 is 5.97 Å². The second kappa shape index (κ2) is 5.06. The fraction of sp³-hybridized carbons (Fsp3) is 0.182. The van der Waals surface area contributed by atoms with E-state index in [0.717, 1.165) is 0 Å². The number of phenolic OH excluding ortho intramolecular Hbond substituents is 1. The topological polar surface area (TPSA) is 82.2 Å². The minimum absolute atomic E-state index is 0.0897. The van der Waals surface area contributed by atoms with Gasteiger partial charge in [0, 0.05) is 5.56 Å². The van der Waals surface area contributed by atoms with Crippen molar-refractivity contribution in [3.63, 3.8) is 0 Å². The Balaban J connectivity index is 2.99. The molecule has 0 radical (unpaired) electrons. The van der Waals surface area contributed by atoms with Crippen molar-refractivity contribution >= 4 is 17.4 Å². The molecule has 84 valence electrons. The van der Waals surface area contributed by atoms with Gasteiger partial charge in [-0.2, -0.15) is 5.10 Å². The van der Waals surface area contributed by atoms with Crippen molar-refractivity contribution in [2.75, 3.05) is 0 Å². The zero-order valence-electron chi connectivity index (χ0n) is 9.01. The Morgan fingerprint density at radius 1 is 1.19 bits per heavy atom. The van der Waals surface area contributed by atoms with E-state index < -0.39 is 5.97 Å². The maximum Gasteiger partial charge on any atom is 0.351 e. The Morgan fingerprint density at radius 3 is 2.38 bits per heavy atom. The SMILES string of the molecule is C/C(=N\N=C(/C)c1ccccc1O)C(=O)O. The summed E-state index contributed by atoms with van der Waals surface area (Å²) in [7, 11) is 0. The third-order valence-electron chi connectivity index (χ3n) is 1.95. The van der Waals surface area contributed by atoms with Crippen LogP contribution in [0.1, 0.15) is 19.4 Å². The van der Waals surface area contributed by atoms with E-state index in [-0.39, 0.29) is 11.5 Å². The first-order valence-electron chi connectivity index (χ1n) is 4.63. The second-order valence-electron chi connectivity index (χ2n) is 3.19. The van der Waals surface area contributed by atoms with E-state index in [2.05, 4.69) is 10.2 Å². The molecule has 0 atom stereocenters. The van der Waals surface area contributed by atoms with Crippen LogP contribution in [0.2, 0.25) is 0 Å². The maximum atomic E-state index is 10.5. The maximum absolute atomic E-state index is 10.5. The van der Waals surface area contributed by atoms with Crippen molar-refractivity contribution in [2.45, 2.75) is 13.8 Å².